The first-order valence-corrected chi connectivity index (χ1v) is 17.2. The number of aliphatic hydroxyl groups is 1. The molecule has 0 aromatic heterocycles. The monoisotopic (exact) mass is 622 g/mol. The van der Waals surface area contributed by atoms with Crippen LogP contribution in [0.2, 0.25) is 0 Å². The maximum atomic E-state index is 11.5. The number of allylic oxidation sites excluding steroid dienone is 17. The van der Waals surface area contributed by atoms with Crippen LogP contribution in [0.15, 0.2) is 112 Å². The van der Waals surface area contributed by atoms with Crippen molar-refractivity contribution in [3.63, 3.8) is 0 Å². The van der Waals surface area contributed by atoms with Gasteiger partial charge in [0.25, 0.3) is 0 Å². The largest absolute Gasteiger partial charge is 0.462 e. The van der Waals surface area contributed by atoms with Crippen LogP contribution in [-0.2, 0) is 9.53 Å². The standard InChI is InChI=1S/C43H58O3/c1-29(18-14-19-31(3)22-23-38-40(7,8)26-36(46-34(6)44)27-41(38,9)10)16-12-13-17-30(2)20-15-21-32(4)37-28-43-33(5)24-35(45)25-42(43,11)39(37)43/h12-22,33,35-36,45H,24-28H2,1-11H3/b13-12+,18-14+,20-15+,29-16+,30-17+,31-19+,32-21+/t23?,33-,35-,36?,42-,43+/m0/s1. The van der Waals surface area contributed by atoms with Crippen LogP contribution in [0.4, 0.5) is 0 Å². The third-order valence-electron chi connectivity index (χ3n) is 11.1. The van der Waals surface area contributed by atoms with Gasteiger partial charge in [0.2, 0.25) is 0 Å². The van der Waals surface area contributed by atoms with Gasteiger partial charge in [0.1, 0.15) is 6.10 Å². The minimum atomic E-state index is -0.203. The average molecular weight is 623 g/mol. The third kappa shape index (κ3) is 7.37. The Hall–Kier alpha value is -3.13. The van der Waals surface area contributed by atoms with Crippen LogP contribution in [0.25, 0.3) is 0 Å². The summed E-state index contributed by atoms with van der Waals surface area (Å²) >= 11 is 0. The molecule has 3 heteroatoms. The second-order valence-corrected chi connectivity index (χ2v) is 16.1. The minimum absolute atomic E-state index is 0.0469. The van der Waals surface area contributed by atoms with Crippen molar-refractivity contribution in [2.45, 2.75) is 120 Å². The highest BCUT2D eigenvalue weighted by molar-refractivity contribution is 5.66. The molecule has 46 heavy (non-hydrogen) atoms. The van der Waals surface area contributed by atoms with Crippen molar-refractivity contribution in [3.8, 4) is 0 Å². The Kier molecular flexibility index (Phi) is 10.5. The molecule has 0 amide bonds. The second kappa shape index (κ2) is 13.5. The van der Waals surface area contributed by atoms with E-state index in [4.69, 9.17) is 4.74 Å². The van der Waals surface area contributed by atoms with Crippen molar-refractivity contribution in [2.75, 3.05) is 0 Å². The van der Waals surface area contributed by atoms with Crippen LogP contribution in [0.5, 0.6) is 0 Å². The number of ether oxygens (including phenoxy) is 1. The van der Waals surface area contributed by atoms with E-state index in [1.807, 2.05) is 0 Å². The number of rotatable bonds is 9. The van der Waals surface area contributed by atoms with E-state index >= 15 is 0 Å². The van der Waals surface area contributed by atoms with Gasteiger partial charge in [-0.05, 0) is 105 Å². The number of fused-ring (bicyclic) bond motifs is 1. The Bertz CT molecular complexity index is 1520. The van der Waals surface area contributed by atoms with Gasteiger partial charge in [-0.1, -0.05) is 119 Å². The number of carbonyl (C=O) groups excluding carboxylic acids is 1. The van der Waals surface area contributed by atoms with Crippen LogP contribution in [0.1, 0.15) is 108 Å². The van der Waals surface area contributed by atoms with Crippen molar-refractivity contribution >= 4 is 5.97 Å². The van der Waals surface area contributed by atoms with Crippen molar-refractivity contribution in [1.82, 2.24) is 0 Å². The molecule has 4 aliphatic rings. The predicted octanol–water partition coefficient (Wildman–Crippen LogP) is 10.8. The molecule has 248 valence electrons. The predicted molar refractivity (Wildman–Crippen MR) is 193 cm³/mol. The van der Waals surface area contributed by atoms with Gasteiger partial charge in [-0.15, -0.1) is 5.73 Å². The van der Waals surface area contributed by atoms with Crippen molar-refractivity contribution < 1.29 is 14.6 Å². The van der Waals surface area contributed by atoms with Crippen molar-refractivity contribution in [2.24, 2.45) is 27.6 Å². The number of esters is 1. The summed E-state index contributed by atoms with van der Waals surface area (Å²) in [6.45, 7) is 23.7. The molecule has 0 aliphatic heterocycles. The van der Waals surface area contributed by atoms with E-state index < -0.39 is 0 Å². The summed E-state index contributed by atoms with van der Waals surface area (Å²) < 4.78 is 5.58. The Morgan fingerprint density at radius 3 is 1.91 bits per heavy atom. The molecule has 1 N–H and O–H groups in total. The molecular weight excluding hydrogens is 564 g/mol. The zero-order valence-electron chi connectivity index (χ0n) is 30.4. The number of carbonyl (C=O) groups is 1. The van der Waals surface area contributed by atoms with Crippen LogP contribution in [0, 0.1) is 27.6 Å². The molecule has 0 bridgehead atoms. The summed E-state index contributed by atoms with van der Waals surface area (Å²) in [5.74, 6) is 0.387. The normalized spacial score (nSPS) is 32.8. The van der Waals surface area contributed by atoms with E-state index in [1.54, 1.807) is 5.57 Å². The van der Waals surface area contributed by atoms with E-state index in [0.29, 0.717) is 11.3 Å². The summed E-state index contributed by atoms with van der Waals surface area (Å²) in [5, 5.41) is 10.3. The number of aliphatic hydroxyl groups excluding tert-OH is 1. The Labute approximate surface area is 279 Å². The highest BCUT2D eigenvalue weighted by Crippen LogP contribution is 2.86. The fourth-order valence-corrected chi connectivity index (χ4v) is 9.17. The fourth-order valence-electron chi connectivity index (χ4n) is 9.17. The lowest BCUT2D eigenvalue weighted by molar-refractivity contribution is -0.150. The zero-order valence-corrected chi connectivity index (χ0v) is 30.4. The maximum Gasteiger partial charge on any atom is 0.302 e. The van der Waals surface area contributed by atoms with E-state index in [9.17, 15) is 9.90 Å². The second-order valence-electron chi connectivity index (χ2n) is 16.1. The van der Waals surface area contributed by atoms with Gasteiger partial charge in [-0.3, -0.25) is 4.79 Å². The summed E-state index contributed by atoms with van der Waals surface area (Å²) in [6.07, 6.45) is 27.9. The molecule has 0 heterocycles. The molecule has 0 radical (unpaired) electrons. The van der Waals surface area contributed by atoms with Crippen molar-refractivity contribution in [1.29, 1.82) is 0 Å². The molecule has 4 atom stereocenters. The molecule has 3 fully saturated rings. The Morgan fingerprint density at radius 2 is 1.35 bits per heavy atom. The molecule has 1 spiro atoms. The number of hydrogen-bond donors (Lipinski definition) is 1. The molecule has 4 rings (SSSR count). The smallest absolute Gasteiger partial charge is 0.302 e. The Balaban J connectivity index is 1.30. The molecule has 3 nitrogen and oxygen atoms in total. The van der Waals surface area contributed by atoms with Crippen LogP contribution in [0.3, 0.4) is 0 Å². The van der Waals surface area contributed by atoms with E-state index in [2.05, 4.69) is 142 Å². The highest BCUT2D eigenvalue weighted by atomic mass is 16.5. The zero-order chi connectivity index (χ0) is 34.1. The molecule has 0 aromatic rings. The van der Waals surface area contributed by atoms with Gasteiger partial charge in [-0.25, -0.2) is 0 Å². The first-order valence-electron chi connectivity index (χ1n) is 17.2. The SMILES string of the molecule is CC(=O)OC1CC(C)(C)C(=C=C/C(C)=C/C=C/C(C)=C/C=C/C=C(C)/C=C/C=C(\C)C2=C3[C@]4(C)C[C@@H](O)C[C@H](C)[C@]34C2)C(C)(C)C1. The highest BCUT2D eigenvalue weighted by Gasteiger charge is 2.78. The van der Waals surface area contributed by atoms with Gasteiger partial charge >= 0.3 is 5.97 Å². The Morgan fingerprint density at radius 1 is 0.804 bits per heavy atom. The molecule has 0 aromatic carbocycles. The lowest BCUT2D eigenvalue weighted by atomic mass is 9.60. The first kappa shape index (κ1) is 35.7. The van der Waals surface area contributed by atoms with Gasteiger partial charge in [0.05, 0.1) is 6.10 Å². The van der Waals surface area contributed by atoms with Crippen molar-refractivity contribution in [3.05, 3.63) is 112 Å². The van der Waals surface area contributed by atoms with E-state index in [1.165, 1.54) is 41.2 Å². The van der Waals surface area contributed by atoms with E-state index in [0.717, 1.165) is 31.3 Å². The quantitative estimate of drug-likeness (QED) is 0.158. The molecule has 3 saturated carbocycles. The van der Waals surface area contributed by atoms with Crippen LogP contribution < -0.4 is 0 Å². The molecular formula is C43H58O3. The van der Waals surface area contributed by atoms with E-state index in [-0.39, 0.29) is 34.4 Å². The lowest BCUT2D eigenvalue weighted by Crippen LogP contribution is -2.40. The summed E-state index contributed by atoms with van der Waals surface area (Å²) in [5.41, 5.74) is 13.4. The molecule has 4 aliphatic carbocycles. The minimum Gasteiger partial charge on any atom is -0.462 e. The number of hydrogen-bond acceptors (Lipinski definition) is 3. The maximum absolute atomic E-state index is 11.5. The summed E-state index contributed by atoms with van der Waals surface area (Å²) in [4.78, 5) is 11.5. The average Bonchev–Trinajstić information content (AvgIpc) is 3.32. The lowest BCUT2D eigenvalue weighted by Gasteiger charge is -2.46. The van der Waals surface area contributed by atoms with Gasteiger partial charge in [0.15, 0.2) is 0 Å². The first-order chi connectivity index (χ1) is 21.4. The fraction of sp³-hybridized carbons (Fsp3) is 0.535. The molecule has 0 saturated heterocycles. The molecule has 0 unspecified atom stereocenters. The summed E-state index contributed by atoms with van der Waals surface area (Å²) in [6, 6.07) is 0. The summed E-state index contributed by atoms with van der Waals surface area (Å²) in [7, 11) is 0. The van der Waals surface area contributed by atoms with Gasteiger partial charge in [-0.2, -0.15) is 0 Å². The third-order valence-corrected chi connectivity index (χ3v) is 11.1. The van der Waals surface area contributed by atoms with Crippen LogP contribution in [-0.4, -0.2) is 23.3 Å². The topological polar surface area (TPSA) is 46.5 Å². The van der Waals surface area contributed by atoms with Gasteiger partial charge < -0.3 is 9.84 Å². The van der Waals surface area contributed by atoms with Gasteiger partial charge in [0, 0.05) is 17.8 Å². The van der Waals surface area contributed by atoms with Crippen LogP contribution >= 0.6 is 0 Å².